The molecular weight excluding hydrogens is 232 g/mol. The van der Waals surface area contributed by atoms with Crippen molar-refractivity contribution in [3.05, 3.63) is 71.3 Å². The van der Waals surface area contributed by atoms with E-state index in [4.69, 9.17) is 0 Å². The van der Waals surface area contributed by atoms with Crippen LogP contribution in [0.25, 0.3) is 0 Å². The van der Waals surface area contributed by atoms with Gasteiger partial charge in [-0.15, -0.1) is 0 Å². The second-order valence-corrected chi connectivity index (χ2v) is 5.14. The Kier molecular flexibility index (Phi) is 3.62. The molecule has 1 fully saturated rings. The maximum atomic E-state index is 3.41. The van der Waals surface area contributed by atoms with Crippen LogP contribution in [0, 0.1) is 0 Å². The molecule has 98 valence electrons. The molecule has 2 nitrogen and oxygen atoms in total. The van der Waals surface area contributed by atoms with Gasteiger partial charge in [0.15, 0.2) is 0 Å². The van der Waals surface area contributed by atoms with Gasteiger partial charge in [0.25, 0.3) is 0 Å². The first-order valence-electron chi connectivity index (χ1n) is 7.01. The van der Waals surface area contributed by atoms with E-state index in [1.807, 2.05) is 0 Å². The Hall–Kier alpha value is -1.64. The van der Waals surface area contributed by atoms with Crippen molar-refractivity contribution in [3.63, 3.8) is 0 Å². The van der Waals surface area contributed by atoms with Gasteiger partial charge >= 0.3 is 0 Å². The number of hydrogen-bond donors (Lipinski definition) is 2. The molecule has 0 saturated carbocycles. The van der Waals surface area contributed by atoms with Crippen LogP contribution in [0.5, 0.6) is 0 Å². The SMILES string of the molecule is CCc1ccc(C2CC(c3ccccc3)NN2)cc1. The molecule has 0 spiro atoms. The first-order valence-corrected chi connectivity index (χ1v) is 7.01. The van der Waals surface area contributed by atoms with Crippen LogP contribution < -0.4 is 10.9 Å². The van der Waals surface area contributed by atoms with E-state index < -0.39 is 0 Å². The Morgan fingerprint density at radius 3 is 2.00 bits per heavy atom. The van der Waals surface area contributed by atoms with Crippen LogP contribution in [0.2, 0.25) is 0 Å². The molecule has 2 aromatic carbocycles. The van der Waals surface area contributed by atoms with Gasteiger partial charge in [0.1, 0.15) is 0 Å². The lowest BCUT2D eigenvalue weighted by Gasteiger charge is -2.10. The van der Waals surface area contributed by atoms with Crippen molar-refractivity contribution < 1.29 is 0 Å². The zero-order valence-corrected chi connectivity index (χ0v) is 11.3. The van der Waals surface area contributed by atoms with Crippen molar-refractivity contribution >= 4 is 0 Å². The quantitative estimate of drug-likeness (QED) is 0.873. The van der Waals surface area contributed by atoms with E-state index >= 15 is 0 Å². The van der Waals surface area contributed by atoms with Crippen LogP contribution in [0.1, 0.15) is 42.1 Å². The summed E-state index contributed by atoms with van der Waals surface area (Å²) in [5.41, 5.74) is 10.9. The molecule has 3 rings (SSSR count). The summed E-state index contributed by atoms with van der Waals surface area (Å²) < 4.78 is 0. The standard InChI is InChI=1S/C17H20N2/c1-2-13-8-10-15(11-9-13)17-12-16(18-19-17)14-6-4-3-5-7-14/h3-11,16-19H,2,12H2,1H3. The third-order valence-corrected chi connectivity index (χ3v) is 3.90. The van der Waals surface area contributed by atoms with Crippen molar-refractivity contribution in [2.24, 2.45) is 0 Å². The predicted octanol–water partition coefficient (Wildman–Crippen LogP) is 3.53. The van der Waals surface area contributed by atoms with Crippen molar-refractivity contribution in [1.29, 1.82) is 0 Å². The Labute approximate surface area is 114 Å². The topological polar surface area (TPSA) is 24.1 Å². The average Bonchev–Trinajstić information content (AvgIpc) is 2.98. The number of nitrogens with one attached hydrogen (secondary N) is 2. The van der Waals surface area contributed by atoms with Gasteiger partial charge in [0.2, 0.25) is 0 Å². The molecule has 1 aliphatic rings. The second kappa shape index (κ2) is 5.55. The number of aryl methyl sites for hydroxylation is 1. The molecule has 1 heterocycles. The van der Waals surface area contributed by atoms with Gasteiger partial charge in [-0.25, -0.2) is 10.9 Å². The lowest BCUT2D eigenvalue weighted by atomic mass is 9.97. The van der Waals surface area contributed by atoms with Crippen molar-refractivity contribution in [2.75, 3.05) is 0 Å². The molecule has 0 amide bonds. The maximum Gasteiger partial charge on any atom is 0.0481 e. The number of hydrogen-bond acceptors (Lipinski definition) is 2. The number of benzene rings is 2. The molecule has 1 aliphatic heterocycles. The minimum Gasteiger partial charge on any atom is -0.250 e. The van der Waals surface area contributed by atoms with Gasteiger partial charge in [-0.3, -0.25) is 0 Å². The van der Waals surface area contributed by atoms with Gasteiger partial charge in [0.05, 0.1) is 0 Å². The molecule has 2 aromatic rings. The van der Waals surface area contributed by atoms with Crippen molar-refractivity contribution in [1.82, 2.24) is 10.9 Å². The molecule has 0 aliphatic carbocycles. The van der Waals surface area contributed by atoms with Gasteiger partial charge in [-0.1, -0.05) is 61.5 Å². The summed E-state index contributed by atoms with van der Waals surface area (Å²) in [5.74, 6) is 0. The fourth-order valence-corrected chi connectivity index (χ4v) is 2.66. The summed E-state index contributed by atoms with van der Waals surface area (Å²) in [4.78, 5) is 0. The molecule has 19 heavy (non-hydrogen) atoms. The minimum atomic E-state index is 0.399. The summed E-state index contributed by atoms with van der Waals surface area (Å²) in [6.45, 7) is 2.19. The molecule has 0 aromatic heterocycles. The summed E-state index contributed by atoms with van der Waals surface area (Å²) in [7, 11) is 0. The third-order valence-electron chi connectivity index (χ3n) is 3.90. The van der Waals surface area contributed by atoms with Gasteiger partial charge in [-0.05, 0) is 29.5 Å². The summed E-state index contributed by atoms with van der Waals surface area (Å²) in [5, 5.41) is 0. The van der Waals surface area contributed by atoms with Crippen LogP contribution in [0.15, 0.2) is 54.6 Å². The van der Waals surface area contributed by atoms with Crippen molar-refractivity contribution in [2.45, 2.75) is 31.8 Å². The van der Waals surface area contributed by atoms with Crippen LogP contribution in [-0.4, -0.2) is 0 Å². The van der Waals surface area contributed by atoms with E-state index in [0.717, 1.165) is 12.8 Å². The minimum absolute atomic E-state index is 0.399. The summed E-state index contributed by atoms with van der Waals surface area (Å²) in [6, 6.07) is 20.4. The molecule has 0 radical (unpaired) electrons. The van der Waals surface area contributed by atoms with E-state index in [0.29, 0.717) is 12.1 Å². The molecular formula is C17H20N2. The molecule has 2 atom stereocenters. The Bertz CT molecular complexity index is 519. The zero-order chi connectivity index (χ0) is 13.1. The monoisotopic (exact) mass is 252 g/mol. The first kappa shape index (κ1) is 12.4. The molecule has 2 heteroatoms. The summed E-state index contributed by atoms with van der Waals surface area (Å²) in [6.07, 6.45) is 2.19. The Balaban J connectivity index is 1.71. The molecule has 2 N–H and O–H groups in total. The predicted molar refractivity (Wildman–Crippen MR) is 78.6 cm³/mol. The van der Waals surface area contributed by atoms with E-state index in [-0.39, 0.29) is 0 Å². The molecule has 2 unspecified atom stereocenters. The Morgan fingerprint density at radius 1 is 0.842 bits per heavy atom. The van der Waals surface area contributed by atoms with Crippen LogP contribution in [0.4, 0.5) is 0 Å². The van der Waals surface area contributed by atoms with E-state index in [2.05, 4.69) is 72.4 Å². The lowest BCUT2D eigenvalue weighted by Crippen LogP contribution is -2.26. The Morgan fingerprint density at radius 2 is 1.42 bits per heavy atom. The van der Waals surface area contributed by atoms with Crippen LogP contribution in [0.3, 0.4) is 0 Å². The highest BCUT2D eigenvalue weighted by molar-refractivity contribution is 5.27. The number of hydrazine groups is 1. The maximum absolute atomic E-state index is 3.41. The normalized spacial score (nSPS) is 22.6. The smallest absolute Gasteiger partial charge is 0.0481 e. The van der Waals surface area contributed by atoms with Crippen LogP contribution in [-0.2, 0) is 6.42 Å². The van der Waals surface area contributed by atoms with E-state index in [9.17, 15) is 0 Å². The highest BCUT2D eigenvalue weighted by Gasteiger charge is 2.25. The fraction of sp³-hybridized carbons (Fsp3) is 0.294. The van der Waals surface area contributed by atoms with Gasteiger partial charge in [-0.2, -0.15) is 0 Å². The highest BCUT2D eigenvalue weighted by Crippen LogP contribution is 2.30. The number of rotatable bonds is 3. The fourth-order valence-electron chi connectivity index (χ4n) is 2.66. The summed E-state index contributed by atoms with van der Waals surface area (Å²) >= 11 is 0. The van der Waals surface area contributed by atoms with Crippen LogP contribution >= 0.6 is 0 Å². The van der Waals surface area contributed by atoms with E-state index in [1.165, 1.54) is 16.7 Å². The van der Waals surface area contributed by atoms with Gasteiger partial charge < -0.3 is 0 Å². The third kappa shape index (κ3) is 2.70. The van der Waals surface area contributed by atoms with Crippen molar-refractivity contribution in [3.8, 4) is 0 Å². The molecule has 1 saturated heterocycles. The largest absolute Gasteiger partial charge is 0.250 e. The van der Waals surface area contributed by atoms with E-state index in [1.54, 1.807) is 0 Å². The average molecular weight is 252 g/mol. The van der Waals surface area contributed by atoms with Gasteiger partial charge in [0, 0.05) is 12.1 Å². The highest BCUT2D eigenvalue weighted by atomic mass is 15.4. The first-order chi connectivity index (χ1) is 9.36. The molecule has 0 bridgehead atoms. The second-order valence-electron chi connectivity index (χ2n) is 5.14. The zero-order valence-electron chi connectivity index (χ0n) is 11.3. The lowest BCUT2D eigenvalue weighted by molar-refractivity contribution is 0.555.